The van der Waals surface area contributed by atoms with Gasteiger partial charge in [-0.1, -0.05) is 42.5 Å². The van der Waals surface area contributed by atoms with Gasteiger partial charge in [0, 0.05) is 30.1 Å². The van der Waals surface area contributed by atoms with Crippen LogP contribution >= 0.6 is 0 Å². The maximum atomic E-state index is 12.3. The zero-order valence-corrected chi connectivity index (χ0v) is 13.7. The van der Waals surface area contributed by atoms with Crippen molar-refractivity contribution < 1.29 is 4.79 Å². The largest absolute Gasteiger partial charge is 0.361 e. The Bertz CT molecular complexity index is 865. The molecule has 24 heavy (non-hydrogen) atoms. The van der Waals surface area contributed by atoms with Gasteiger partial charge in [0.15, 0.2) is 0 Å². The maximum absolute atomic E-state index is 12.3. The Balaban J connectivity index is 1.31. The lowest BCUT2D eigenvalue weighted by molar-refractivity contribution is -0.121. The fourth-order valence-electron chi connectivity index (χ4n) is 3.83. The zero-order chi connectivity index (χ0) is 16.4. The molecular weight excluding hydrogens is 296 g/mol. The van der Waals surface area contributed by atoms with E-state index in [1.165, 1.54) is 22.1 Å². The second kappa shape index (κ2) is 6.52. The van der Waals surface area contributed by atoms with Crippen molar-refractivity contribution in [3.8, 4) is 0 Å². The minimum Gasteiger partial charge on any atom is -0.361 e. The number of aryl methyl sites for hydroxylation is 1. The number of nitrogens with one attached hydrogen (secondary N) is 2. The molecule has 1 atom stereocenters. The Hall–Kier alpha value is -2.55. The van der Waals surface area contributed by atoms with Crippen LogP contribution in [-0.2, 0) is 17.6 Å². The van der Waals surface area contributed by atoms with Crippen LogP contribution in [0.4, 0.5) is 0 Å². The molecule has 1 aliphatic carbocycles. The van der Waals surface area contributed by atoms with Crippen LogP contribution in [0.25, 0.3) is 10.9 Å². The Morgan fingerprint density at radius 3 is 2.92 bits per heavy atom. The lowest BCUT2D eigenvalue weighted by Crippen LogP contribution is -2.26. The van der Waals surface area contributed by atoms with Crippen LogP contribution in [0, 0.1) is 0 Å². The van der Waals surface area contributed by atoms with Crippen LogP contribution in [0.15, 0.2) is 54.7 Å². The van der Waals surface area contributed by atoms with Crippen molar-refractivity contribution in [3.05, 3.63) is 71.4 Å². The minimum atomic E-state index is 0.163. The molecule has 0 aliphatic heterocycles. The van der Waals surface area contributed by atoms with Gasteiger partial charge in [0.1, 0.15) is 0 Å². The second-order valence-electron chi connectivity index (χ2n) is 6.60. The van der Waals surface area contributed by atoms with Crippen molar-refractivity contribution in [1.82, 2.24) is 10.3 Å². The van der Waals surface area contributed by atoms with Gasteiger partial charge >= 0.3 is 0 Å². The number of amides is 1. The fraction of sp³-hybridized carbons (Fsp3) is 0.286. The van der Waals surface area contributed by atoms with Gasteiger partial charge in [-0.15, -0.1) is 0 Å². The van der Waals surface area contributed by atoms with Crippen molar-refractivity contribution in [1.29, 1.82) is 0 Å². The van der Waals surface area contributed by atoms with Gasteiger partial charge < -0.3 is 10.3 Å². The van der Waals surface area contributed by atoms with E-state index in [1.807, 2.05) is 12.3 Å². The molecule has 2 aromatic carbocycles. The van der Waals surface area contributed by atoms with Gasteiger partial charge in [0.25, 0.3) is 0 Å². The van der Waals surface area contributed by atoms with Crippen LogP contribution in [0.1, 0.15) is 35.4 Å². The predicted octanol–water partition coefficient (Wildman–Crippen LogP) is 3.95. The van der Waals surface area contributed by atoms with Crippen LogP contribution in [-0.4, -0.2) is 17.4 Å². The van der Waals surface area contributed by atoms with Gasteiger partial charge in [-0.2, -0.15) is 0 Å². The summed E-state index contributed by atoms with van der Waals surface area (Å²) in [5, 5.41) is 4.34. The molecule has 1 amide bonds. The van der Waals surface area contributed by atoms with Crippen molar-refractivity contribution in [2.75, 3.05) is 6.54 Å². The first-order valence-electron chi connectivity index (χ1n) is 8.71. The molecule has 0 bridgehead atoms. The van der Waals surface area contributed by atoms with E-state index in [1.54, 1.807) is 0 Å². The molecule has 1 heterocycles. The van der Waals surface area contributed by atoms with Crippen LogP contribution < -0.4 is 5.32 Å². The highest BCUT2D eigenvalue weighted by Crippen LogP contribution is 2.35. The number of fused-ring (bicyclic) bond motifs is 2. The Morgan fingerprint density at radius 1 is 1.12 bits per heavy atom. The third-order valence-electron chi connectivity index (χ3n) is 5.08. The first-order valence-corrected chi connectivity index (χ1v) is 8.71. The van der Waals surface area contributed by atoms with Crippen molar-refractivity contribution in [2.45, 2.75) is 31.6 Å². The summed E-state index contributed by atoms with van der Waals surface area (Å²) in [5.41, 5.74) is 5.19. The molecule has 122 valence electrons. The molecule has 3 nitrogen and oxygen atoms in total. The summed E-state index contributed by atoms with van der Waals surface area (Å²) in [7, 11) is 0. The summed E-state index contributed by atoms with van der Waals surface area (Å²) < 4.78 is 0. The van der Waals surface area contributed by atoms with Gasteiger partial charge in [-0.05, 0) is 47.9 Å². The summed E-state index contributed by atoms with van der Waals surface area (Å²) in [6.45, 7) is 0.690. The number of aromatic nitrogens is 1. The van der Waals surface area contributed by atoms with E-state index < -0.39 is 0 Å². The highest BCUT2D eigenvalue weighted by Gasteiger charge is 2.23. The molecule has 1 aliphatic rings. The summed E-state index contributed by atoms with van der Waals surface area (Å²) >= 11 is 0. The van der Waals surface area contributed by atoms with Gasteiger partial charge in [-0.25, -0.2) is 0 Å². The van der Waals surface area contributed by atoms with E-state index in [0.29, 0.717) is 18.9 Å². The van der Waals surface area contributed by atoms with E-state index in [-0.39, 0.29) is 5.91 Å². The molecule has 0 unspecified atom stereocenters. The molecule has 0 saturated heterocycles. The van der Waals surface area contributed by atoms with Crippen molar-refractivity contribution in [3.63, 3.8) is 0 Å². The number of carbonyl (C=O) groups is 1. The first kappa shape index (κ1) is 15.0. The minimum absolute atomic E-state index is 0.163. The molecular formula is C21H22N2O. The fourth-order valence-corrected chi connectivity index (χ4v) is 3.83. The SMILES string of the molecule is O=C(C[C@H]1CCc2ccccc21)NCCc1c[nH]c2ccccc12. The monoisotopic (exact) mass is 318 g/mol. The highest BCUT2D eigenvalue weighted by atomic mass is 16.1. The number of hydrogen-bond donors (Lipinski definition) is 2. The number of benzene rings is 2. The van der Waals surface area contributed by atoms with E-state index in [0.717, 1.165) is 24.8 Å². The van der Waals surface area contributed by atoms with E-state index in [2.05, 4.69) is 52.8 Å². The summed E-state index contributed by atoms with van der Waals surface area (Å²) in [6.07, 6.45) is 5.70. The van der Waals surface area contributed by atoms with E-state index in [4.69, 9.17) is 0 Å². The summed E-state index contributed by atoms with van der Waals surface area (Å²) in [4.78, 5) is 15.6. The van der Waals surface area contributed by atoms with Gasteiger partial charge in [-0.3, -0.25) is 4.79 Å². The number of rotatable bonds is 5. The van der Waals surface area contributed by atoms with Crippen molar-refractivity contribution >= 4 is 16.8 Å². The normalized spacial score (nSPS) is 16.2. The predicted molar refractivity (Wildman–Crippen MR) is 97.1 cm³/mol. The topological polar surface area (TPSA) is 44.9 Å². The van der Waals surface area contributed by atoms with Gasteiger partial charge in [0.05, 0.1) is 0 Å². The maximum Gasteiger partial charge on any atom is 0.220 e. The summed E-state index contributed by atoms with van der Waals surface area (Å²) in [5.74, 6) is 0.547. The average molecular weight is 318 g/mol. The van der Waals surface area contributed by atoms with E-state index >= 15 is 0 Å². The molecule has 4 rings (SSSR count). The Kier molecular flexibility index (Phi) is 4.08. The highest BCUT2D eigenvalue weighted by molar-refractivity contribution is 5.83. The molecule has 1 aromatic heterocycles. The van der Waals surface area contributed by atoms with Crippen molar-refractivity contribution in [2.24, 2.45) is 0 Å². The zero-order valence-electron chi connectivity index (χ0n) is 13.7. The molecule has 0 saturated carbocycles. The molecule has 0 fully saturated rings. The molecule has 3 heteroatoms. The Labute approximate surface area is 142 Å². The standard InChI is InChI=1S/C21H22N2O/c24-21(13-16-10-9-15-5-1-2-6-18(15)16)22-12-11-17-14-23-20-8-4-3-7-19(17)20/h1-8,14,16,23H,9-13H2,(H,22,24)/t16-/m1/s1. The molecule has 0 spiro atoms. The number of hydrogen-bond acceptors (Lipinski definition) is 1. The number of aromatic amines is 1. The van der Waals surface area contributed by atoms with Gasteiger partial charge in [0.2, 0.25) is 5.91 Å². The molecule has 0 radical (unpaired) electrons. The second-order valence-corrected chi connectivity index (χ2v) is 6.60. The van der Waals surface area contributed by atoms with E-state index in [9.17, 15) is 4.79 Å². The quantitative estimate of drug-likeness (QED) is 0.735. The van der Waals surface area contributed by atoms with Crippen LogP contribution in [0.2, 0.25) is 0 Å². The van der Waals surface area contributed by atoms with Crippen LogP contribution in [0.3, 0.4) is 0 Å². The molecule has 3 aromatic rings. The summed E-state index contributed by atoms with van der Waals surface area (Å²) in [6, 6.07) is 16.8. The average Bonchev–Trinajstić information content (AvgIpc) is 3.20. The third-order valence-corrected chi connectivity index (χ3v) is 5.08. The third kappa shape index (κ3) is 2.94. The number of H-pyrrole nitrogens is 1. The molecule has 2 N–H and O–H groups in total. The lowest BCUT2D eigenvalue weighted by Gasteiger charge is -2.11. The lowest BCUT2D eigenvalue weighted by atomic mass is 9.97. The smallest absolute Gasteiger partial charge is 0.220 e. The Morgan fingerprint density at radius 2 is 1.96 bits per heavy atom. The number of carbonyl (C=O) groups excluding carboxylic acids is 1. The first-order chi connectivity index (χ1) is 11.8. The number of para-hydroxylation sites is 1. The van der Waals surface area contributed by atoms with Crippen LogP contribution in [0.5, 0.6) is 0 Å².